The Bertz CT molecular complexity index is 3470. The van der Waals surface area contributed by atoms with Crippen molar-refractivity contribution in [1.82, 2.24) is 65.4 Å². The van der Waals surface area contributed by atoms with Crippen LogP contribution in [-0.4, -0.2) is 278 Å². The molecule has 37 nitrogen and oxygen atoms in total. The fourth-order valence-electron chi connectivity index (χ4n) is 9.82. The normalized spacial score (nSPS) is 15.5. The molecule has 4 aromatic rings. The Morgan fingerprint density at radius 1 is 0.663 bits per heavy atom. The van der Waals surface area contributed by atoms with Gasteiger partial charge in [0.25, 0.3) is 5.91 Å². The molecule has 41 heteroatoms. The number of hydrogen-bond acceptors (Lipinski definition) is 25. The largest absolute Gasteiger partial charge is 0.494 e. The van der Waals surface area contributed by atoms with E-state index in [1.165, 1.54) is 51.8 Å². The van der Waals surface area contributed by atoms with Crippen LogP contribution in [0.15, 0.2) is 58.6 Å². The van der Waals surface area contributed by atoms with Gasteiger partial charge in [-0.15, -0.1) is 0 Å². The Kier molecular flexibility index (Phi) is 31.9. The second kappa shape index (κ2) is 37.6. The monoisotopic (exact) mass is 1560 g/mol. The number of sulfonamides is 1. The number of nitrogens with one attached hydrogen (secondary N) is 8. The van der Waals surface area contributed by atoms with Crippen LogP contribution >= 0.6 is 21.7 Å². The molecular formula is C54H80LuN14O23S3. The van der Waals surface area contributed by atoms with Gasteiger partial charge in [0.15, 0.2) is 5.95 Å². The number of anilines is 1. The Labute approximate surface area is 576 Å². The number of aryl methyl sites for hydroxylation is 3. The molecule has 5 rings (SSSR count). The zero-order valence-electron chi connectivity index (χ0n) is 51.6. The minimum atomic E-state index is -4.60. The molecular weight excluding hydrogens is 1480 g/mol. The molecule has 0 aliphatic carbocycles. The molecule has 1 unspecified atom stereocenters. The number of H-pyrrole nitrogens is 1. The first kappa shape index (κ1) is 80.6. The van der Waals surface area contributed by atoms with Gasteiger partial charge in [-0.05, 0) is 61.2 Å². The molecule has 0 saturated carbocycles. The summed E-state index contributed by atoms with van der Waals surface area (Å²) in [6.07, 6.45) is 4.48. The van der Waals surface area contributed by atoms with Crippen LogP contribution in [0.2, 0.25) is 0 Å². The Hall–Kier alpha value is -6.87. The van der Waals surface area contributed by atoms with Gasteiger partial charge in [0.1, 0.15) is 29.4 Å². The number of ether oxygens (including phenoxy) is 1. The van der Waals surface area contributed by atoms with E-state index in [-0.39, 0.29) is 154 Å². The van der Waals surface area contributed by atoms with Gasteiger partial charge in [0, 0.05) is 153 Å². The average molecular weight is 1560 g/mol. The predicted molar refractivity (Wildman–Crippen MR) is 339 cm³/mol. The summed E-state index contributed by atoms with van der Waals surface area (Å²) in [6.45, 7) is 0.0441. The number of carbonyl (C=O) groups is 9. The van der Waals surface area contributed by atoms with Crippen molar-refractivity contribution in [3.8, 4) is 5.75 Å². The smallest absolute Gasteiger partial charge is 0.323 e. The third-order valence-electron chi connectivity index (χ3n) is 14.2. The van der Waals surface area contributed by atoms with Crippen LogP contribution in [0, 0.1) is 50.7 Å². The summed E-state index contributed by atoms with van der Waals surface area (Å²) in [5.74, 6) is -12.0. The van der Waals surface area contributed by atoms with E-state index in [1.54, 1.807) is 42.2 Å². The van der Waals surface area contributed by atoms with E-state index in [0.29, 0.717) is 18.0 Å². The number of fused-ring (bicyclic) bond motifs is 1. The molecule has 3 atom stereocenters. The van der Waals surface area contributed by atoms with E-state index < -0.39 is 153 Å². The van der Waals surface area contributed by atoms with Gasteiger partial charge < -0.3 is 93.9 Å². The average Bonchev–Trinajstić information content (AvgIpc) is 0.951. The molecule has 2 aromatic carbocycles. The number of aromatic nitrogens is 3. The predicted octanol–water partition coefficient (Wildman–Crippen LogP) is -2.06. The number of benzene rings is 2. The first-order valence-electron chi connectivity index (χ1n) is 28.8. The molecule has 1 radical (unpaired) electrons. The zero-order chi connectivity index (χ0) is 69.7. The van der Waals surface area contributed by atoms with E-state index in [1.807, 2.05) is 0 Å². The molecule has 95 heavy (non-hydrogen) atoms. The van der Waals surface area contributed by atoms with Crippen molar-refractivity contribution in [3.05, 3.63) is 81.4 Å². The number of nitrogens with zero attached hydrogens (tertiary/aromatic N) is 6. The van der Waals surface area contributed by atoms with Crippen molar-refractivity contribution >= 4 is 102 Å². The number of amides is 5. The second-order valence-corrected chi connectivity index (χ2v) is 26.7. The number of aromatic amines is 1. The summed E-state index contributed by atoms with van der Waals surface area (Å²) < 4.78 is 96.4. The Balaban J connectivity index is 0.0000192. The first-order valence-corrected chi connectivity index (χ1v) is 33.7. The van der Waals surface area contributed by atoms with E-state index in [2.05, 4.69) is 46.6 Å². The SMILES string of the molecule is Cc1cc(OCCCC(=O)NCCNC(=O)[C@H](CS(O)(O)O)NC(=O)[C@H](CS(O)(O)O)NC(=O)CN2CCN(CC(=O)O)CCN(CC(=O)O)CCN(CC(=O)O)CC2)cc(C)c1S(=O)(=O)NC(CNC(=O)c1cn(C)c2cc(CNc3ncc[nH]3)ccc2c1=O)C(=O)O.[Lu]. The summed E-state index contributed by atoms with van der Waals surface area (Å²) >= 11 is 0. The van der Waals surface area contributed by atoms with Crippen molar-refractivity contribution < 1.29 is 141 Å². The molecule has 1 fully saturated rings. The molecule has 1 aliphatic heterocycles. The van der Waals surface area contributed by atoms with Crippen LogP contribution in [0.4, 0.5) is 5.95 Å². The van der Waals surface area contributed by atoms with E-state index in [0.717, 1.165) is 5.56 Å². The van der Waals surface area contributed by atoms with Crippen LogP contribution in [0.3, 0.4) is 0 Å². The summed E-state index contributed by atoms with van der Waals surface area (Å²) in [4.78, 5) is 140. The third-order valence-corrected chi connectivity index (χ3v) is 17.6. The molecule has 1 aliphatic rings. The maximum Gasteiger partial charge on any atom is 0.323 e. The number of carbonyl (C=O) groups excluding carboxylic acids is 5. The van der Waals surface area contributed by atoms with E-state index >= 15 is 0 Å². The molecule has 1 saturated heterocycles. The Morgan fingerprint density at radius 2 is 1.18 bits per heavy atom. The summed E-state index contributed by atoms with van der Waals surface area (Å²) in [5.41, 5.74) is 0.643. The molecule has 2 aromatic heterocycles. The van der Waals surface area contributed by atoms with Crippen LogP contribution in [-0.2, 0) is 62.0 Å². The van der Waals surface area contributed by atoms with Gasteiger partial charge in [-0.1, -0.05) is 6.07 Å². The first-order chi connectivity index (χ1) is 44.1. The number of aliphatic carboxylic acids is 4. The van der Waals surface area contributed by atoms with Crippen molar-refractivity contribution in [2.75, 3.05) is 122 Å². The number of pyridine rings is 1. The van der Waals surface area contributed by atoms with E-state index in [9.17, 15) is 104 Å². The molecule has 537 valence electrons. The standard InChI is InChI=1S/C54H80N14O23S3.Lu/c1-33-21-36(22-34(2)49(33)94(89,90)63-39(53(81)82)25-59-50(78)38-26-64(3)42-23-35(6-7-37(42)48(38)77)24-60-54-57-10-11-58-54)91-20-4-5-43(69)55-8-9-56-51(79)40(31-92(83,84)85)62-52(80)41(32-93(86,87)88)61-44(70)27-65-12-14-66(28-45(71)72)16-18-68(30-47(75)76)19-17-67(15-13-65)29-46(73)74;/h6-7,10-11,21-23,26,39-41,63,83-88H,4-5,8-9,12-20,24-25,27-32H2,1-3H3,(H,55,69)(H,56,79)(H,59,78)(H,61,70)(H,62,80)(H,71,72)(H,73,74)(H,75,76)(H,81,82)(H2,57,58,60);/t39?,40-,41-;/m0./s1. The number of carboxylic acid groups (broad SMARTS) is 4. The fraction of sp³-hybridized carbons (Fsp3) is 0.500. The van der Waals surface area contributed by atoms with Crippen LogP contribution < -0.4 is 46.8 Å². The van der Waals surface area contributed by atoms with Gasteiger partial charge in [-0.3, -0.25) is 67.5 Å². The van der Waals surface area contributed by atoms with Crippen molar-refractivity contribution in [2.24, 2.45) is 7.05 Å². The minimum absolute atomic E-state index is 0. The number of hydrogen-bond donors (Lipinski definition) is 18. The molecule has 3 heterocycles. The molecule has 0 spiro atoms. The minimum Gasteiger partial charge on any atom is -0.494 e. The molecule has 5 amide bonds. The zero-order valence-corrected chi connectivity index (χ0v) is 55.8. The van der Waals surface area contributed by atoms with Gasteiger partial charge in [-0.2, -0.15) is 4.72 Å². The maximum absolute atomic E-state index is 13.7. The van der Waals surface area contributed by atoms with Gasteiger partial charge in [0.05, 0.1) is 76.4 Å². The number of rotatable bonds is 34. The third kappa shape index (κ3) is 28.0. The topological polar surface area (TPSA) is 547 Å². The second-order valence-electron chi connectivity index (χ2n) is 21.9. The van der Waals surface area contributed by atoms with Gasteiger partial charge in [-0.25, -0.2) is 13.4 Å². The van der Waals surface area contributed by atoms with E-state index in [4.69, 9.17) is 4.74 Å². The number of carboxylic acids is 4. The van der Waals surface area contributed by atoms with Crippen molar-refractivity contribution in [1.29, 1.82) is 0 Å². The summed E-state index contributed by atoms with van der Waals surface area (Å²) in [6, 6.07) is 1.79. The quantitative estimate of drug-likeness (QED) is 0.0224. The van der Waals surface area contributed by atoms with Crippen molar-refractivity contribution in [2.45, 2.75) is 56.3 Å². The van der Waals surface area contributed by atoms with Crippen LogP contribution in [0.25, 0.3) is 10.9 Å². The van der Waals surface area contributed by atoms with Crippen molar-refractivity contribution in [3.63, 3.8) is 0 Å². The van der Waals surface area contributed by atoms with Crippen LogP contribution in [0.5, 0.6) is 5.75 Å². The maximum atomic E-state index is 13.7. The number of imidazole rings is 1. The van der Waals surface area contributed by atoms with Gasteiger partial charge >= 0.3 is 23.9 Å². The van der Waals surface area contributed by atoms with Crippen LogP contribution in [0.1, 0.15) is 39.9 Å². The molecule has 0 bridgehead atoms. The summed E-state index contributed by atoms with van der Waals surface area (Å²) in [5, 5.41) is 53.3. The molecule has 18 N–H and O–H groups in total. The fourth-order valence-corrected chi connectivity index (χ4v) is 12.8. The van der Waals surface area contributed by atoms with Gasteiger partial charge in [0.2, 0.25) is 39.1 Å². The Morgan fingerprint density at radius 3 is 1.67 bits per heavy atom. The summed E-state index contributed by atoms with van der Waals surface area (Å²) in [7, 11) is -12.1.